The van der Waals surface area contributed by atoms with Gasteiger partial charge in [-0.1, -0.05) is 18.2 Å². The second kappa shape index (κ2) is 6.92. The van der Waals surface area contributed by atoms with Gasteiger partial charge >= 0.3 is 0 Å². The van der Waals surface area contributed by atoms with Crippen LogP contribution in [0.15, 0.2) is 60.8 Å². The number of hydrogen-bond acceptors (Lipinski definition) is 4. The Balaban J connectivity index is 1.34. The van der Waals surface area contributed by atoms with Crippen LogP contribution in [0.4, 0.5) is 0 Å². The van der Waals surface area contributed by atoms with Gasteiger partial charge in [-0.25, -0.2) is 0 Å². The van der Waals surface area contributed by atoms with Crippen molar-refractivity contribution in [1.29, 1.82) is 0 Å². The lowest BCUT2D eigenvalue weighted by Crippen LogP contribution is -2.56. The molecule has 0 atom stereocenters. The Labute approximate surface area is 151 Å². The molecule has 2 aromatic carbocycles. The maximum Gasteiger partial charge on any atom is 0.254 e. The Morgan fingerprint density at radius 3 is 2.58 bits per heavy atom. The molecule has 0 radical (unpaired) electrons. The number of aromatic nitrogens is 2. The topological polar surface area (TPSA) is 67.5 Å². The Bertz CT molecular complexity index is 885. The summed E-state index contributed by atoms with van der Waals surface area (Å²) in [7, 11) is 1.63. The van der Waals surface area contributed by atoms with Crippen molar-refractivity contribution >= 4 is 5.91 Å². The van der Waals surface area contributed by atoms with E-state index < -0.39 is 0 Å². The largest absolute Gasteiger partial charge is 0.497 e. The highest BCUT2D eigenvalue weighted by Gasteiger charge is 2.32. The van der Waals surface area contributed by atoms with Gasteiger partial charge in [0.05, 0.1) is 25.9 Å². The molecule has 0 saturated carbocycles. The minimum absolute atomic E-state index is 0.00956. The molecule has 26 heavy (non-hydrogen) atoms. The van der Waals surface area contributed by atoms with Gasteiger partial charge in [-0.2, -0.15) is 5.10 Å². The van der Waals surface area contributed by atoms with Crippen LogP contribution in [0, 0.1) is 0 Å². The maximum absolute atomic E-state index is 12.6. The lowest BCUT2D eigenvalue weighted by molar-refractivity contribution is 0.0177. The highest BCUT2D eigenvalue weighted by atomic mass is 16.5. The van der Waals surface area contributed by atoms with Gasteiger partial charge < -0.3 is 14.4 Å². The van der Waals surface area contributed by atoms with Crippen LogP contribution < -0.4 is 9.47 Å². The van der Waals surface area contributed by atoms with Gasteiger partial charge in [-0.15, -0.1) is 0 Å². The zero-order valence-corrected chi connectivity index (χ0v) is 14.4. The molecule has 0 spiro atoms. The normalized spacial score (nSPS) is 14.0. The van der Waals surface area contributed by atoms with Crippen LogP contribution >= 0.6 is 0 Å². The first-order chi connectivity index (χ1) is 12.7. The molecular weight excluding hydrogens is 330 g/mol. The Hall–Kier alpha value is -3.28. The predicted molar refractivity (Wildman–Crippen MR) is 97.3 cm³/mol. The molecule has 1 amide bonds. The highest BCUT2D eigenvalue weighted by molar-refractivity contribution is 5.95. The van der Waals surface area contributed by atoms with E-state index in [0.717, 1.165) is 22.8 Å². The fourth-order valence-corrected chi connectivity index (χ4v) is 2.94. The second-order valence-corrected chi connectivity index (χ2v) is 6.18. The Morgan fingerprint density at radius 2 is 1.88 bits per heavy atom. The van der Waals surface area contributed by atoms with Crippen molar-refractivity contribution in [2.45, 2.75) is 6.10 Å². The van der Waals surface area contributed by atoms with Crippen molar-refractivity contribution in [2.24, 2.45) is 0 Å². The number of rotatable bonds is 5. The van der Waals surface area contributed by atoms with Gasteiger partial charge in [0.2, 0.25) is 0 Å². The number of H-pyrrole nitrogens is 1. The molecule has 6 nitrogen and oxygen atoms in total. The smallest absolute Gasteiger partial charge is 0.254 e. The molecule has 1 fully saturated rings. The summed E-state index contributed by atoms with van der Waals surface area (Å²) in [5.74, 6) is 1.53. The average Bonchev–Trinajstić information content (AvgIpc) is 3.19. The first kappa shape index (κ1) is 16.2. The molecule has 1 saturated heterocycles. The number of nitrogens with one attached hydrogen (secondary N) is 1. The zero-order chi connectivity index (χ0) is 17.9. The van der Waals surface area contributed by atoms with Gasteiger partial charge in [0.25, 0.3) is 5.91 Å². The van der Waals surface area contributed by atoms with Crippen LogP contribution in [-0.2, 0) is 0 Å². The zero-order valence-electron chi connectivity index (χ0n) is 14.4. The number of methoxy groups -OCH3 is 1. The second-order valence-electron chi connectivity index (χ2n) is 6.18. The van der Waals surface area contributed by atoms with Crippen molar-refractivity contribution in [1.82, 2.24) is 15.1 Å². The number of hydrogen-bond donors (Lipinski definition) is 1. The summed E-state index contributed by atoms with van der Waals surface area (Å²) in [6.45, 7) is 1.16. The SMILES string of the molecule is COc1cccc(OC2CN(C(=O)c3ccc(-c4ccn[nH]4)cc3)C2)c1. The predicted octanol–water partition coefficient (Wildman–Crippen LogP) is 2.99. The van der Waals surface area contributed by atoms with E-state index >= 15 is 0 Å². The molecule has 0 unspecified atom stereocenters. The van der Waals surface area contributed by atoms with Crippen LogP contribution in [0.25, 0.3) is 11.3 Å². The minimum atomic E-state index is 0.00956. The Morgan fingerprint density at radius 1 is 1.12 bits per heavy atom. The van der Waals surface area contributed by atoms with Crippen LogP contribution in [0.1, 0.15) is 10.4 Å². The molecule has 1 N–H and O–H groups in total. The monoisotopic (exact) mass is 349 g/mol. The molecular formula is C20H19N3O3. The maximum atomic E-state index is 12.6. The Kier molecular flexibility index (Phi) is 4.31. The van der Waals surface area contributed by atoms with Gasteiger partial charge in [-0.3, -0.25) is 9.89 Å². The minimum Gasteiger partial charge on any atom is -0.497 e. The van der Waals surface area contributed by atoms with Crippen molar-refractivity contribution in [3.63, 3.8) is 0 Å². The third kappa shape index (κ3) is 3.26. The standard InChI is InChI=1S/C20H19N3O3/c1-25-16-3-2-4-17(11-16)26-18-12-23(13-18)20(24)15-7-5-14(6-8-15)19-9-10-21-22-19/h2-11,18H,12-13H2,1H3,(H,21,22). The fraction of sp³-hybridized carbons (Fsp3) is 0.200. The van der Waals surface area contributed by atoms with E-state index in [-0.39, 0.29) is 12.0 Å². The summed E-state index contributed by atoms with van der Waals surface area (Å²) >= 11 is 0. The molecule has 4 rings (SSSR count). The molecule has 6 heteroatoms. The lowest BCUT2D eigenvalue weighted by atomic mass is 10.1. The average molecular weight is 349 g/mol. The van der Waals surface area contributed by atoms with Gasteiger partial charge in [0.15, 0.2) is 0 Å². The summed E-state index contributed by atoms with van der Waals surface area (Å²) in [4.78, 5) is 14.3. The number of carbonyl (C=O) groups excluding carboxylic acids is 1. The van der Waals surface area contributed by atoms with Crippen molar-refractivity contribution in [2.75, 3.05) is 20.2 Å². The third-order valence-corrected chi connectivity index (χ3v) is 4.42. The third-order valence-electron chi connectivity index (χ3n) is 4.42. The number of likely N-dealkylation sites (tertiary alicyclic amines) is 1. The lowest BCUT2D eigenvalue weighted by Gasteiger charge is -2.39. The van der Waals surface area contributed by atoms with Crippen molar-refractivity contribution in [3.8, 4) is 22.8 Å². The summed E-state index contributed by atoms with van der Waals surface area (Å²) < 4.78 is 11.1. The first-order valence-corrected chi connectivity index (χ1v) is 8.43. The van der Waals surface area contributed by atoms with E-state index in [2.05, 4.69) is 10.2 Å². The summed E-state index contributed by atoms with van der Waals surface area (Å²) in [5.41, 5.74) is 2.61. The van der Waals surface area contributed by atoms with Crippen LogP contribution in [0.2, 0.25) is 0 Å². The first-order valence-electron chi connectivity index (χ1n) is 8.43. The molecule has 1 aliphatic rings. The van der Waals surface area contributed by atoms with Gasteiger partial charge in [0, 0.05) is 17.8 Å². The number of ether oxygens (including phenoxy) is 2. The molecule has 0 aliphatic carbocycles. The van der Waals surface area contributed by atoms with Crippen LogP contribution in [-0.4, -0.2) is 47.3 Å². The van der Waals surface area contributed by atoms with E-state index in [1.807, 2.05) is 54.6 Å². The van der Waals surface area contributed by atoms with Crippen molar-refractivity contribution in [3.05, 3.63) is 66.4 Å². The van der Waals surface area contributed by atoms with E-state index in [0.29, 0.717) is 18.7 Å². The highest BCUT2D eigenvalue weighted by Crippen LogP contribution is 2.24. The number of carbonyl (C=O) groups is 1. The molecule has 132 valence electrons. The number of nitrogens with zero attached hydrogens (tertiary/aromatic N) is 2. The van der Waals surface area contributed by atoms with E-state index in [1.165, 1.54) is 0 Å². The van der Waals surface area contributed by atoms with Gasteiger partial charge in [-0.05, 0) is 35.9 Å². The van der Waals surface area contributed by atoms with E-state index in [4.69, 9.17) is 9.47 Å². The number of benzene rings is 2. The number of amides is 1. The van der Waals surface area contributed by atoms with E-state index in [1.54, 1.807) is 18.2 Å². The molecule has 0 bridgehead atoms. The van der Waals surface area contributed by atoms with E-state index in [9.17, 15) is 4.79 Å². The number of aromatic amines is 1. The quantitative estimate of drug-likeness (QED) is 0.769. The summed E-state index contributed by atoms with van der Waals surface area (Å²) in [5, 5.41) is 6.85. The molecule has 2 heterocycles. The fourth-order valence-electron chi connectivity index (χ4n) is 2.94. The van der Waals surface area contributed by atoms with Crippen LogP contribution in [0.5, 0.6) is 11.5 Å². The van der Waals surface area contributed by atoms with Crippen molar-refractivity contribution < 1.29 is 14.3 Å². The van der Waals surface area contributed by atoms with Gasteiger partial charge in [0.1, 0.15) is 17.6 Å². The molecule has 1 aromatic heterocycles. The summed E-state index contributed by atoms with van der Waals surface area (Å²) in [6.07, 6.45) is 1.71. The van der Waals surface area contributed by atoms with Crippen LogP contribution in [0.3, 0.4) is 0 Å². The molecule has 3 aromatic rings. The molecule has 1 aliphatic heterocycles. The summed E-state index contributed by atoms with van der Waals surface area (Å²) in [6, 6.07) is 16.9.